The van der Waals surface area contributed by atoms with Gasteiger partial charge in [0.2, 0.25) is 11.6 Å². The van der Waals surface area contributed by atoms with E-state index in [2.05, 4.69) is 0 Å². The van der Waals surface area contributed by atoms with Crippen molar-refractivity contribution in [2.24, 2.45) is 5.92 Å². The molecule has 0 fully saturated rings. The second-order valence-electron chi connectivity index (χ2n) is 9.63. The number of aliphatic hydroxyl groups excluding tert-OH is 1. The first-order valence-corrected chi connectivity index (χ1v) is 13.1. The van der Waals surface area contributed by atoms with Crippen molar-refractivity contribution < 1.29 is 36.5 Å². The lowest BCUT2D eigenvalue weighted by atomic mass is 9.86. The first-order chi connectivity index (χ1) is 18.7. The van der Waals surface area contributed by atoms with Crippen molar-refractivity contribution in [1.82, 2.24) is 0 Å². The van der Waals surface area contributed by atoms with Crippen LogP contribution in [0.5, 0.6) is 11.5 Å². The molecule has 0 aromatic heterocycles. The third kappa shape index (κ3) is 6.27. The van der Waals surface area contributed by atoms with E-state index in [9.17, 15) is 22.7 Å². The Labute approximate surface area is 224 Å². The summed E-state index contributed by atoms with van der Waals surface area (Å²) in [7, 11) is 0. The topological polar surface area (TPSA) is 38.7 Å². The highest BCUT2D eigenvalue weighted by molar-refractivity contribution is 5.72. The largest absolute Gasteiger partial charge is 0.491 e. The van der Waals surface area contributed by atoms with E-state index in [1.807, 2.05) is 13.0 Å². The molecular formula is C31H31F5O3. The van der Waals surface area contributed by atoms with Gasteiger partial charge in [0.1, 0.15) is 5.82 Å². The van der Waals surface area contributed by atoms with Crippen molar-refractivity contribution in [1.29, 1.82) is 0 Å². The minimum Gasteiger partial charge on any atom is -0.491 e. The lowest BCUT2D eigenvalue weighted by Gasteiger charge is -2.23. The van der Waals surface area contributed by atoms with Gasteiger partial charge < -0.3 is 14.6 Å². The van der Waals surface area contributed by atoms with Crippen LogP contribution in [-0.2, 0) is 0 Å². The van der Waals surface area contributed by atoms with E-state index >= 15 is 4.39 Å². The number of benzene rings is 3. The Balaban J connectivity index is 1.41. The van der Waals surface area contributed by atoms with Gasteiger partial charge in [-0.3, -0.25) is 0 Å². The first-order valence-electron chi connectivity index (χ1n) is 13.1. The summed E-state index contributed by atoms with van der Waals surface area (Å²) in [4.78, 5) is 0. The third-order valence-corrected chi connectivity index (χ3v) is 6.96. The fourth-order valence-corrected chi connectivity index (χ4v) is 4.80. The maximum absolute atomic E-state index is 15.0. The van der Waals surface area contributed by atoms with Gasteiger partial charge in [-0.1, -0.05) is 31.6 Å². The number of aliphatic hydroxyl groups is 1. The van der Waals surface area contributed by atoms with E-state index in [0.717, 1.165) is 5.57 Å². The number of hydrogen-bond acceptors (Lipinski definition) is 3. The molecule has 2 atom stereocenters. The van der Waals surface area contributed by atoms with Gasteiger partial charge in [-0.15, -0.1) is 0 Å². The molecule has 3 aromatic rings. The van der Waals surface area contributed by atoms with Crippen LogP contribution >= 0.6 is 0 Å². The van der Waals surface area contributed by atoms with E-state index in [4.69, 9.17) is 9.47 Å². The average Bonchev–Trinajstić information content (AvgIpc) is 2.93. The Kier molecular flexibility index (Phi) is 9.28. The van der Waals surface area contributed by atoms with E-state index in [-0.39, 0.29) is 47.3 Å². The second-order valence-corrected chi connectivity index (χ2v) is 9.63. The monoisotopic (exact) mass is 546 g/mol. The molecule has 3 aromatic carbocycles. The van der Waals surface area contributed by atoms with Crippen molar-refractivity contribution in [3.63, 3.8) is 0 Å². The summed E-state index contributed by atoms with van der Waals surface area (Å²) >= 11 is 0. The van der Waals surface area contributed by atoms with Gasteiger partial charge in [0.15, 0.2) is 23.1 Å². The quantitative estimate of drug-likeness (QED) is 0.259. The lowest BCUT2D eigenvalue weighted by Crippen LogP contribution is -2.16. The first kappa shape index (κ1) is 28.6. The van der Waals surface area contributed by atoms with Crippen molar-refractivity contribution in [3.8, 4) is 22.6 Å². The summed E-state index contributed by atoms with van der Waals surface area (Å²) in [6.07, 6.45) is 3.50. The minimum absolute atomic E-state index is 0.0184. The molecule has 0 aliphatic heterocycles. The molecule has 0 radical (unpaired) electrons. The Hall–Kier alpha value is -3.39. The Morgan fingerprint density at radius 3 is 2.21 bits per heavy atom. The third-order valence-electron chi connectivity index (χ3n) is 6.96. The summed E-state index contributed by atoms with van der Waals surface area (Å²) in [5.41, 5.74) is 1.21. The normalized spacial score (nSPS) is 16.1. The van der Waals surface area contributed by atoms with Gasteiger partial charge in [-0.2, -0.15) is 8.78 Å². The van der Waals surface area contributed by atoms with Crippen LogP contribution in [0.1, 0.15) is 63.2 Å². The molecule has 39 heavy (non-hydrogen) atoms. The molecule has 0 spiro atoms. The van der Waals surface area contributed by atoms with E-state index in [1.165, 1.54) is 30.3 Å². The van der Waals surface area contributed by atoms with Crippen LogP contribution in [0, 0.1) is 35.0 Å². The second kappa shape index (κ2) is 12.6. The standard InChI is InChI=1S/C31H31F5O3/c1-3-5-25(37)23-13-15-27(31(36)29(23)34)39-17-18-6-8-19(9-7-18)21-11-10-20(16-24(21)32)22-12-14-26(38-4-2)30(35)28(22)33/h8,10-16,18,25,37H,3-7,9,17H2,1-2H3. The van der Waals surface area contributed by atoms with Crippen molar-refractivity contribution in [2.45, 2.75) is 52.1 Å². The Morgan fingerprint density at radius 1 is 0.846 bits per heavy atom. The molecule has 208 valence electrons. The average molecular weight is 547 g/mol. The van der Waals surface area contributed by atoms with Crippen LogP contribution in [0.3, 0.4) is 0 Å². The zero-order valence-electron chi connectivity index (χ0n) is 21.9. The summed E-state index contributed by atoms with van der Waals surface area (Å²) < 4.78 is 83.4. The summed E-state index contributed by atoms with van der Waals surface area (Å²) in [5, 5.41) is 10.00. The van der Waals surface area contributed by atoms with E-state index < -0.39 is 35.2 Å². The molecule has 2 unspecified atom stereocenters. The van der Waals surface area contributed by atoms with Crippen molar-refractivity contribution >= 4 is 5.57 Å². The molecule has 0 bridgehead atoms. The maximum atomic E-state index is 15.0. The molecule has 1 aliphatic rings. The highest BCUT2D eigenvalue weighted by atomic mass is 19.2. The van der Waals surface area contributed by atoms with Gasteiger partial charge >= 0.3 is 0 Å². The molecule has 0 heterocycles. The molecular weight excluding hydrogens is 515 g/mol. The van der Waals surface area contributed by atoms with Crippen molar-refractivity contribution in [3.05, 3.63) is 88.8 Å². The minimum atomic E-state index is -1.12. The molecule has 3 nitrogen and oxygen atoms in total. The summed E-state index contributed by atoms with van der Waals surface area (Å²) in [6, 6.07) is 9.62. The number of rotatable bonds is 10. The van der Waals surface area contributed by atoms with Crippen LogP contribution in [0.2, 0.25) is 0 Å². The van der Waals surface area contributed by atoms with Gasteiger partial charge in [0, 0.05) is 16.7 Å². The van der Waals surface area contributed by atoms with Gasteiger partial charge in [-0.05, 0) is 80.0 Å². The predicted octanol–water partition coefficient (Wildman–Crippen LogP) is 8.54. The van der Waals surface area contributed by atoms with Crippen LogP contribution < -0.4 is 9.47 Å². The number of hydrogen-bond donors (Lipinski definition) is 1. The van der Waals surface area contributed by atoms with Crippen LogP contribution in [0.15, 0.2) is 48.5 Å². The lowest BCUT2D eigenvalue weighted by molar-refractivity contribution is 0.159. The van der Waals surface area contributed by atoms with Crippen LogP contribution in [0.4, 0.5) is 22.0 Å². The Bertz CT molecular complexity index is 1350. The SMILES string of the molecule is CCCC(O)c1ccc(OCC2CC=C(c3ccc(-c4ccc(OCC)c(F)c4F)cc3F)CC2)c(F)c1F. The number of ether oxygens (including phenoxy) is 2. The molecule has 0 saturated carbocycles. The zero-order valence-corrected chi connectivity index (χ0v) is 21.9. The van der Waals surface area contributed by atoms with Gasteiger partial charge in [0.05, 0.1) is 19.3 Å². The molecule has 4 rings (SSSR count). The predicted molar refractivity (Wildman–Crippen MR) is 140 cm³/mol. The zero-order chi connectivity index (χ0) is 28.1. The molecule has 0 amide bonds. The highest BCUT2D eigenvalue weighted by Gasteiger charge is 2.23. The maximum Gasteiger partial charge on any atom is 0.201 e. The van der Waals surface area contributed by atoms with Gasteiger partial charge in [-0.25, -0.2) is 13.2 Å². The molecule has 1 aliphatic carbocycles. The molecule has 0 saturated heterocycles. The fraction of sp³-hybridized carbons (Fsp3) is 0.355. The van der Waals surface area contributed by atoms with Crippen LogP contribution in [0.25, 0.3) is 16.7 Å². The number of allylic oxidation sites excluding steroid dienone is 2. The van der Waals surface area contributed by atoms with Crippen molar-refractivity contribution in [2.75, 3.05) is 13.2 Å². The van der Waals surface area contributed by atoms with E-state index in [0.29, 0.717) is 37.7 Å². The van der Waals surface area contributed by atoms with Crippen LogP contribution in [-0.4, -0.2) is 18.3 Å². The highest BCUT2D eigenvalue weighted by Crippen LogP contribution is 2.36. The fourth-order valence-electron chi connectivity index (χ4n) is 4.80. The molecule has 1 N–H and O–H groups in total. The Morgan fingerprint density at radius 2 is 1.54 bits per heavy atom. The summed E-state index contributed by atoms with van der Waals surface area (Å²) in [5.74, 6) is -5.39. The smallest absolute Gasteiger partial charge is 0.201 e. The summed E-state index contributed by atoms with van der Waals surface area (Å²) in [6.45, 7) is 3.85. The molecule has 8 heteroatoms. The number of halogens is 5. The van der Waals surface area contributed by atoms with Gasteiger partial charge in [0.25, 0.3) is 0 Å². The van der Waals surface area contributed by atoms with E-state index in [1.54, 1.807) is 19.1 Å².